The smallest absolute Gasteiger partial charge is 0.0623 e. The van der Waals surface area contributed by atoms with Crippen LogP contribution in [0.3, 0.4) is 0 Å². The van der Waals surface area contributed by atoms with Gasteiger partial charge in [0.2, 0.25) is 0 Å². The molecule has 0 spiro atoms. The molecular formula is C50H47N. The third kappa shape index (κ3) is 8.22. The average molecular weight is 666 g/mol. The molecule has 0 radical (unpaired) electrons. The second kappa shape index (κ2) is 16.4. The first-order valence-electron chi connectivity index (χ1n) is 19.5. The van der Waals surface area contributed by atoms with Gasteiger partial charge in [-0.2, -0.15) is 0 Å². The molecule has 0 aliphatic heterocycles. The molecule has 0 N–H and O–H groups in total. The van der Waals surface area contributed by atoms with Crippen molar-refractivity contribution < 1.29 is 2.74 Å². The fourth-order valence-electron chi connectivity index (χ4n) is 6.76. The van der Waals surface area contributed by atoms with E-state index < -0.39 is 0 Å². The molecule has 7 rings (SSSR count). The summed E-state index contributed by atoms with van der Waals surface area (Å²) in [6.07, 6.45) is 6.98. The number of benzene rings is 7. The van der Waals surface area contributed by atoms with E-state index in [1.165, 1.54) is 59.1 Å². The van der Waals surface area contributed by atoms with Crippen LogP contribution in [0.15, 0.2) is 176 Å². The predicted octanol–water partition coefficient (Wildman–Crippen LogP) is 14.5. The van der Waals surface area contributed by atoms with Gasteiger partial charge in [0.15, 0.2) is 0 Å². The monoisotopic (exact) mass is 665 g/mol. The highest BCUT2D eigenvalue weighted by Gasteiger charge is 2.17. The molecule has 0 heterocycles. The van der Waals surface area contributed by atoms with E-state index >= 15 is 0 Å². The zero-order valence-corrected chi connectivity index (χ0v) is 29.8. The quantitative estimate of drug-likeness (QED) is 0.118. The lowest BCUT2D eigenvalue weighted by atomic mass is 9.95. The van der Waals surface area contributed by atoms with Crippen molar-refractivity contribution in [3.8, 4) is 44.5 Å². The summed E-state index contributed by atoms with van der Waals surface area (Å²) in [5, 5.41) is 0. The number of nitrogens with zero attached hydrogens (tertiary/aromatic N) is 1. The fraction of sp³-hybridized carbons (Fsp3) is 0.160. The Bertz CT molecular complexity index is 2090. The lowest BCUT2D eigenvalue weighted by Crippen LogP contribution is -2.10. The van der Waals surface area contributed by atoms with E-state index in [2.05, 4.69) is 146 Å². The number of hydrogen-bond donors (Lipinski definition) is 0. The van der Waals surface area contributed by atoms with Crippen molar-refractivity contribution in [1.82, 2.24) is 0 Å². The molecule has 0 saturated carbocycles. The van der Waals surface area contributed by atoms with Crippen LogP contribution < -0.4 is 4.90 Å². The Balaban J connectivity index is 1.36. The fourth-order valence-corrected chi connectivity index (χ4v) is 6.76. The molecule has 0 aromatic heterocycles. The van der Waals surface area contributed by atoms with E-state index in [-0.39, 0.29) is 0 Å². The highest BCUT2D eigenvalue weighted by atomic mass is 15.1. The maximum atomic E-state index is 8.16. The minimum absolute atomic E-state index is 0.505. The Labute approximate surface area is 307 Å². The summed E-state index contributed by atoms with van der Waals surface area (Å²) in [6, 6.07) is 59.0. The minimum Gasteiger partial charge on any atom is -0.310 e. The molecule has 1 nitrogen and oxygen atoms in total. The van der Waals surface area contributed by atoms with Gasteiger partial charge in [0.25, 0.3) is 0 Å². The average Bonchev–Trinajstić information content (AvgIpc) is 3.20. The van der Waals surface area contributed by atoms with E-state index in [1.54, 1.807) is 0 Å². The first kappa shape index (κ1) is 31.3. The maximum absolute atomic E-state index is 8.16. The molecule has 0 unspecified atom stereocenters. The van der Waals surface area contributed by atoms with Crippen molar-refractivity contribution in [2.45, 2.75) is 52.4 Å². The van der Waals surface area contributed by atoms with Crippen LogP contribution in [0.5, 0.6) is 0 Å². The maximum Gasteiger partial charge on any atom is 0.0623 e. The number of aryl methyl sites for hydroxylation is 2. The Kier molecular flexibility index (Phi) is 10.1. The van der Waals surface area contributed by atoms with E-state index in [1.807, 2.05) is 36.4 Å². The van der Waals surface area contributed by atoms with Gasteiger partial charge in [-0.1, -0.05) is 160 Å². The van der Waals surface area contributed by atoms with Crippen molar-refractivity contribution in [3.05, 3.63) is 187 Å². The molecule has 0 bridgehead atoms. The molecule has 0 amide bonds. The third-order valence-corrected chi connectivity index (χ3v) is 9.72. The van der Waals surface area contributed by atoms with Crippen molar-refractivity contribution in [3.63, 3.8) is 0 Å². The molecule has 0 fully saturated rings. The van der Waals surface area contributed by atoms with Crippen LogP contribution in [0, 0.1) is 0 Å². The molecule has 51 heavy (non-hydrogen) atoms. The normalized spacial score (nSPS) is 11.6. The van der Waals surface area contributed by atoms with Crippen LogP contribution >= 0.6 is 0 Å². The third-order valence-electron chi connectivity index (χ3n) is 9.72. The molecule has 0 atom stereocenters. The van der Waals surface area contributed by atoms with Gasteiger partial charge >= 0.3 is 0 Å². The molecular weight excluding hydrogens is 615 g/mol. The van der Waals surface area contributed by atoms with Crippen LogP contribution in [0.1, 0.15) is 53.4 Å². The molecule has 7 aromatic rings. The molecule has 7 aromatic carbocycles. The van der Waals surface area contributed by atoms with Gasteiger partial charge in [0.05, 0.1) is 2.74 Å². The van der Waals surface area contributed by atoms with Crippen molar-refractivity contribution in [2.24, 2.45) is 0 Å². The summed E-state index contributed by atoms with van der Waals surface area (Å²) >= 11 is 0. The van der Waals surface area contributed by atoms with Gasteiger partial charge in [0, 0.05) is 17.1 Å². The Morgan fingerprint density at radius 3 is 1.14 bits per heavy atom. The van der Waals surface area contributed by atoms with Gasteiger partial charge in [0.1, 0.15) is 0 Å². The van der Waals surface area contributed by atoms with Crippen LogP contribution in [0.4, 0.5) is 17.1 Å². The number of rotatable bonds is 13. The van der Waals surface area contributed by atoms with Crippen molar-refractivity contribution in [1.29, 1.82) is 0 Å². The summed E-state index contributed by atoms with van der Waals surface area (Å²) in [5.74, 6) is 0. The van der Waals surface area contributed by atoms with Crippen LogP contribution in [0.2, 0.25) is 0 Å². The van der Waals surface area contributed by atoms with E-state index in [0.29, 0.717) is 12.1 Å². The van der Waals surface area contributed by atoms with Gasteiger partial charge in [-0.3, -0.25) is 0 Å². The van der Waals surface area contributed by atoms with E-state index in [0.717, 1.165) is 52.2 Å². The number of hydrogen-bond acceptors (Lipinski definition) is 1. The van der Waals surface area contributed by atoms with Crippen LogP contribution in [-0.4, -0.2) is 0 Å². The standard InChI is InChI=1S/C50H47N/c1-3-5-13-38-19-23-44(24-20-38)46-35-47(45-25-21-39(22-26-45)14-6-4-2)37-50(36-46)51(48-31-27-42(28-32-48)40-15-9-7-10-16-40)49-33-29-43(30-34-49)41-17-11-8-12-18-41/h7-12,15-37H,3-6,13-14H2,1-2H3/i9T,11T. The minimum atomic E-state index is 0.505. The molecule has 0 aliphatic carbocycles. The van der Waals surface area contributed by atoms with Crippen LogP contribution in [-0.2, 0) is 12.8 Å². The van der Waals surface area contributed by atoms with Crippen LogP contribution in [0.25, 0.3) is 44.5 Å². The Hall–Kier alpha value is -5.66. The lowest BCUT2D eigenvalue weighted by Gasteiger charge is -2.27. The summed E-state index contributed by atoms with van der Waals surface area (Å²) in [5.41, 5.74) is 14.9. The molecule has 0 saturated heterocycles. The SMILES string of the molecule is [3H]c1cccc(-c2ccc(N(c3ccc(-c4cccc([3H])c4)cc3)c3cc(-c4ccc(CCCC)cc4)cc(-c4ccc(CCCC)cc4)c3)cc2)c1. The highest BCUT2D eigenvalue weighted by Crippen LogP contribution is 2.41. The van der Waals surface area contributed by atoms with Gasteiger partial charge in [-0.25, -0.2) is 0 Å². The first-order valence-corrected chi connectivity index (χ1v) is 18.5. The lowest BCUT2D eigenvalue weighted by molar-refractivity contribution is 0.795. The van der Waals surface area contributed by atoms with Crippen molar-refractivity contribution >= 4 is 17.1 Å². The molecule has 0 aliphatic rings. The Morgan fingerprint density at radius 2 is 0.745 bits per heavy atom. The molecule has 1 heteroatoms. The van der Waals surface area contributed by atoms with Crippen molar-refractivity contribution in [2.75, 3.05) is 4.90 Å². The van der Waals surface area contributed by atoms with E-state index in [9.17, 15) is 0 Å². The summed E-state index contributed by atoms with van der Waals surface area (Å²) in [6.45, 7) is 4.49. The van der Waals surface area contributed by atoms with Gasteiger partial charge in [-0.05, 0) is 124 Å². The number of anilines is 3. The highest BCUT2D eigenvalue weighted by molar-refractivity contribution is 5.86. The van der Waals surface area contributed by atoms with Gasteiger partial charge < -0.3 is 4.90 Å². The largest absolute Gasteiger partial charge is 0.310 e. The summed E-state index contributed by atoms with van der Waals surface area (Å²) < 4.78 is 16.3. The first-order chi connectivity index (χ1) is 26.0. The zero-order valence-electron chi connectivity index (χ0n) is 31.8. The summed E-state index contributed by atoms with van der Waals surface area (Å²) in [7, 11) is 0. The zero-order chi connectivity index (χ0) is 36.6. The second-order valence-corrected chi connectivity index (χ2v) is 13.4. The van der Waals surface area contributed by atoms with Gasteiger partial charge in [-0.15, -0.1) is 0 Å². The van der Waals surface area contributed by atoms with E-state index in [4.69, 9.17) is 2.74 Å². The molecule has 252 valence electrons. The Morgan fingerprint density at radius 1 is 0.373 bits per heavy atom. The second-order valence-electron chi connectivity index (χ2n) is 13.4. The predicted molar refractivity (Wildman–Crippen MR) is 220 cm³/mol. The number of unbranched alkanes of at least 4 members (excludes halogenated alkanes) is 2. The topological polar surface area (TPSA) is 3.24 Å². The summed E-state index contributed by atoms with van der Waals surface area (Å²) in [4.78, 5) is 2.34.